The smallest absolute Gasteiger partial charge is 0.160 e. The number of aromatic nitrogens is 2. The Hall–Kier alpha value is -6.58. The first-order chi connectivity index (χ1) is 24.7. The lowest BCUT2D eigenvalue weighted by Crippen LogP contribution is -2.06. The van der Waals surface area contributed by atoms with Crippen LogP contribution in [0.3, 0.4) is 0 Å². The highest BCUT2D eigenvalue weighted by Gasteiger charge is 2.16. The van der Waals surface area contributed by atoms with E-state index in [1.807, 2.05) is 12.1 Å². The number of fused-ring (bicyclic) bond motifs is 2. The summed E-state index contributed by atoms with van der Waals surface area (Å²) < 4.78 is 0. The average molecular weight is 640 g/mol. The summed E-state index contributed by atoms with van der Waals surface area (Å²) in [7, 11) is 0. The van der Waals surface area contributed by atoms with Gasteiger partial charge in [0.15, 0.2) is 5.82 Å². The number of rotatable bonds is 6. The van der Waals surface area contributed by atoms with Crippen LogP contribution in [0.4, 0.5) is 11.4 Å². The van der Waals surface area contributed by atoms with Gasteiger partial charge in [-0.3, -0.25) is 0 Å². The molecule has 0 bridgehead atoms. The van der Waals surface area contributed by atoms with Crippen LogP contribution >= 0.6 is 0 Å². The Morgan fingerprint density at radius 2 is 0.800 bits per heavy atom. The van der Waals surface area contributed by atoms with Crippen molar-refractivity contribution in [2.75, 3.05) is 5.32 Å². The molecule has 0 fully saturated rings. The number of para-hydroxylation sites is 1. The quantitative estimate of drug-likeness (QED) is 0.197. The normalized spacial score (nSPS) is 11.7. The SMILES string of the molecule is c1ccc(-c2cccc(-c3cc(-c4ccc(-c5ccc6c(c5)Cc5ccccc5N6)cc4)nc(-c4cccc(-c5ccccc5)c4)n3)c2)cc1. The van der Waals surface area contributed by atoms with Gasteiger partial charge in [0.25, 0.3) is 0 Å². The second kappa shape index (κ2) is 12.8. The van der Waals surface area contributed by atoms with Crippen LogP contribution in [0.15, 0.2) is 182 Å². The monoisotopic (exact) mass is 639 g/mol. The molecule has 0 radical (unpaired) electrons. The fourth-order valence-electron chi connectivity index (χ4n) is 6.85. The molecule has 0 saturated carbocycles. The highest BCUT2D eigenvalue weighted by molar-refractivity contribution is 5.80. The van der Waals surface area contributed by atoms with E-state index < -0.39 is 0 Å². The van der Waals surface area contributed by atoms with E-state index in [-0.39, 0.29) is 0 Å². The van der Waals surface area contributed by atoms with Crippen molar-refractivity contribution in [1.29, 1.82) is 0 Å². The van der Waals surface area contributed by atoms with Crippen LogP contribution in [-0.4, -0.2) is 9.97 Å². The summed E-state index contributed by atoms with van der Waals surface area (Å²) in [5.41, 5.74) is 16.9. The summed E-state index contributed by atoms with van der Waals surface area (Å²) in [6, 6.07) is 64.2. The summed E-state index contributed by atoms with van der Waals surface area (Å²) in [5.74, 6) is 0.701. The van der Waals surface area contributed by atoms with Crippen LogP contribution in [0.25, 0.3) is 67.3 Å². The molecule has 1 aliphatic rings. The zero-order chi connectivity index (χ0) is 33.3. The minimum absolute atomic E-state index is 0.701. The van der Waals surface area contributed by atoms with Gasteiger partial charge in [0.2, 0.25) is 0 Å². The molecule has 8 aromatic rings. The van der Waals surface area contributed by atoms with Gasteiger partial charge in [-0.25, -0.2) is 9.97 Å². The summed E-state index contributed by atoms with van der Waals surface area (Å²) in [5, 5.41) is 3.60. The maximum absolute atomic E-state index is 5.18. The molecule has 7 aromatic carbocycles. The Labute approximate surface area is 292 Å². The summed E-state index contributed by atoms with van der Waals surface area (Å²) in [6.45, 7) is 0. The fourth-order valence-corrected chi connectivity index (χ4v) is 6.85. The first kappa shape index (κ1) is 29.6. The third-order valence-electron chi connectivity index (χ3n) is 9.51. The highest BCUT2D eigenvalue weighted by atomic mass is 14.9. The standard InChI is InChI=1S/C47H33N3/c1-3-11-32(12-4-1)36-16-9-18-40(27-36)46-31-45(49-47(50-46)41-19-10-17-37(28-41)33-13-5-2-6-14-33)35-23-21-34(22-24-35)38-25-26-44-42(29-38)30-39-15-7-8-20-43(39)48-44/h1-29,31,48H,30H2. The van der Waals surface area contributed by atoms with E-state index in [2.05, 4.69) is 175 Å². The second-order valence-electron chi connectivity index (χ2n) is 12.8. The largest absolute Gasteiger partial charge is 0.355 e. The minimum atomic E-state index is 0.701. The molecule has 0 atom stereocenters. The van der Waals surface area contributed by atoms with E-state index in [0.717, 1.165) is 45.6 Å². The van der Waals surface area contributed by atoms with Gasteiger partial charge < -0.3 is 5.32 Å². The van der Waals surface area contributed by atoms with Crippen LogP contribution in [0.2, 0.25) is 0 Å². The van der Waals surface area contributed by atoms with Gasteiger partial charge in [0.1, 0.15) is 0 Å². The van der Waals surface area contributed by atoms with Crippen LogP contribution in [0, 0.1) is 0 Å². The summed E-state index contributed by atoms with van der Waals surface area (Å²) in [6.07, 6.45) is 0.924. The number of anilines is 2. The molecule has 3 nitrogen and oxygen atoms in total. The zero-order valence-electron chi connectivity index (χ0n) is 27.4. The average Bonchev–Trinajstić information content (AvgIpc) is 3.20. The Morgan fingerprint density at radius 1 is 0.320 bits per heavy atom. The van der Waals surface area contributed by atoms with Gasteiger partial charge in [0.05, 0.1) is 11.4 Å². The first-order valence-corrected chi connectivity index (χ1v) is 17.0. The molecule has 0 spiro atoms. The van der Waals surface area contributed by atoms with Gasteiger partial charge in [-0.1, -0.05) is 146 Å². The van der Waals surface area contributed by atoms with Crippen molar-refractivity contribution in [2.45, 2.75) is 6.42 Å². The Balaban J connectivity index is 1.10. The van der Waals surface area contributed by atoms with Gasteiger partial charge in [-0.2, -0.15) is 0 Å². The van der Waals surface area contributed by atoms with Crippen molar-refractivity contribution in [3.05, 3.63) is 193 Å². The summed E-state index contributed by atoms with van der Waals surface area (Å²) >= 11 is 0. The summed E-state index contributed by atoms with van der Waals surface area (Å²) in [4.78, 5) is 10.4. The molecule has 0 unspecified atom stereocenters. The Bertz CT molecular complexity index is 2370. The Morgan fingerprint density at radius 3 is 1.52 bits per heavy atom. The van der Waals surface area contributed by atoms with E-state index in [0.29, 0.717) is 5.82 Å². The predicted molar refractivity (Wildman–Crippen MR) is 207 cm³/mol. The number of hydrogen-bond donors (Lipinski definition) is 1. The predicted octanol–water partition coefficient (Wildman–Crippen LogP) is 12.1. The van der Waals surface area contributed by atoms with E-state index in [1.165, 1.54) is 44.8 Å². The van der Waals surface area contributed by atoms with Crippen molar-refractivity contribution in [2.24, 2.45) is 0 Å². The van der Waals surface area contributed by atoms with Gasteiger partial charge in [0, 0.05) is 34.5 Å². The molecule has 1 N–H and O–H groups in total. The fraction of sp³-hybridized carbons (Fsp3) is 0.0213. The topological polar surface area (TPSA) is 37.8 Å². The molecule has 9 rings (SSSR count). The molecule has 50 heavy (non-hydrogen) atoms. The van der Waals surface area contributed by atoms with Crippen LogP contribution in [0.5, 0.6) is 0 Å². The van der Waals surface area contributed by atoms with Crippen molar-refractivity contribution >= 4 is 11.4 Å². The molecule has 2 heterocycles. The number of hydrogen-bond acceptors (Lipinski definition) is 3. The minimum Gasteiger partial charge on any atom is -0.355 e. The third-order valence-corrected chi connectivity index (χ3v) is 9.51. The van der Waals surface area contributed by atoms with Gasteiger partial charge in [-0.15, -0.1) is 0 Å². The van der Waals surface area contributed by atoms with Crippen LogP contribution in [0.1, 0.15) is 11.1 Å². The van der Waals surface area contributed by atoms with E-state index in [9.17, 15) is 0 Å². The highest BCUT2D eigenvalue weighted by Crippen LogP contribution is 2.36. The number of nitrogens with zero attached hydrogens (tertiary/aromatic N) is 2. The van der Waals surface area contributed by atoms with E-state index >= 15 is 0 Å². The van der Waals surface area contributed by atoms with Crippen molar-refractivity contribution < 1.29 is 0 Å². The van der Waals surface area contributed by atoms with E-state index in [4.69, 9.17) is 9.97 Å². The van der Waals surface area contributed by atoms with Crippen molar-refractivity contribution in [1.82, 2.24) is 9.97 Å². The van der Waals surface area contributed by atoms with Gasteiger partial charge >= 0.3 is 0 Å². The van der Waals surface area contributed by atoms with Crippen molar-refractivity contribution in [3.8, 4) is 67.3 Å². The molecule has 236 valence electrons. The lowest BCUT2D eigenvalue weighted by atomic mass is 9.93. The van der Waals surface area contributed by atoms with Crippen LogP contribution in [-0.2, 0) is 6.42 Å². The molecule has 0 amide bonds. The number of nitrogens with one attached hydrogen (secondary N) is 1. The number of benzene rings is 7. The second-order valence-corrected chi connectivity index (χ2v) is 12.8. The molecular weight excluding hydrogens is 607 g/mol. The van der Waals surface area contributed by atoms with E-state index in [1.54, 1.807) is 0 Å². The molecule has 0 saturated heterocycles. The maximum atomic E-state index is 5.18. The first-order valence-electron chi connectivity index (χ1n) is 17.0. The molecule has 3 heteroatoms. The lowest BCUT2D eigenvalue weighted by Gasteiger charge is -2.22. The third kappa shape index (κ3) is 5.86. The van der Waals surface area contributed by atoms with Gasteiger partial charge in [-0.05, 0) is 80.9 Å². The van der Waals surface area contributed by atoms with Crippen molar-refractivity contribution in [3.63, 3.8) is 0 Å². The molecule has 1 aromatic heterocycles. The molecule has 1 aliphatic heterocycles. The molecule has 0 aliphatic carbocycles. The lowest BCUT2D eigenvalue weighted by molar-refractivity contribution is 1.16. The maximum Gasteiger partial charge on any atom is 0.160 e. The molecular formula is C47H33N3. The zero-order valence-corrected chi connectivity index (χ0v) is 27.4. The van der Waals surface area contributed by atoms with Crippen LogP contribution < -0.4 is 5.32 Å². The Kier molecular flexibility index (Phi) is 7.56.